The van der Waals surface area contributed by atoms with E-state index in [-0.39, 0.29) is 5.78 Å². The molecule has 5 heteroatoms. The number of thioether (sulfide) groups is 1. The lowest BCUT2D eigenvalue weighted by Gasteiger charge is -1.88. The number of carbonyl (C=O) groups is 1. The fourth-order valence-electron chi connectivity index (χ4n) is 0.603. The lowest BCUT2D eigenvalue weighted by Crippen LogP contribution is -1.92. The van der Waals surface area contributed by atoms with Crippen LogP contribution in [0.3, 0.4) is 0 Å². The fraction of sp³-hybridized carbons (Fsp3) is 0.571. The molecule has 1 rings (SSSR count). The minimum Gasteiger partial charge on any atom is -0.416 e. The standard InChI is InChI=1S/C7H10N2O2S/c1-3-6-8-9-7(11-6)12-4-5(2)10/h3-4H2,1-2H3. The smallest absolute Gasteiger partial charge is 0.277 e. The summed E-state index contributed by atoms with van der Waals surface area (Å²) >= 11 is 1.27. The van der Waals surface area contributed by atoms with Crippen molar-refractivity contribution in [3.8, 4) is 0 Å². The molecule has 0 saturated carbocycles. The maximum atomic E-state index is 10.6. The summed E-state index contributed by atoms with van der Waals surface area (Å²) in [7, 11) is 0. The van der Waals surface area contributed by atoms with Crippen LogP contribution in [-0.4, -0.2) is 21.7 Å². The van der Waals surface area contributed by atoms with E-state index >= 15 is 0 Å². The fourth-order valence-corrected chi connectivity index (χ4v) is 1.18. The van der Waals surface area contributed by atoms with Gasteiger partial charge in [0.05, 0.1) is 5.75 Å². The highest BCUT2D eigenvalue weighted by Gasteiger charge is 2.05. The van der Waals surface area contributed by atoms with Gasteiger partial charge in [0.2, 0.25) is 5.89 Å². The van der Waals surface area contributed by atoms with E-state index < -0.39 is 0 Å². The highest BCUT2D eigenvalue weighted by molar-refractivity contribution is 7.99. The summed E-state index contributed by atoms with van der Waals surface area (Å²) in [6.45, 7) is 3.47. The number of carbonyl (C=O) groups excluding carboxylic acids is 1. The summed E-state index contributed by atoms with van der Waals surface area (Å²) in [4.78, 5) is 10.6. The highest BCUT2D eigenvalue weighted by atomic mass is 32.2. The Balaban J connectivity index is 2.47. The first kappa shape index (κ1) is 9.25. The number of hydrogen-bond donors (Lipinski definition) is 0. The zero-order valence-electron chi connectivity index (χ0n) is 7.03. The molecule has 0 aliphatic heterocycles. The summed E-state index contributed by atoms with van der Waals surface area (Å²) in [5.41, 5.74) is 0. The molecule has 0 aliphatic rings. The monoisotopic (exact) mass is 186 g/mol. The summed E-state index contributed by atoms with van der Waals surface area (Å²) in [5, 5.41) is 7.99. The van der Waals surface area contributed by atoms with Gasteiger partial charge in [-0.3, -0.25) is 4.79 Å². The zero-order valence-corrected chi connectivity index (χ0v) is 7.85. The molecule has 0 aromatic carbocycles. The third-order valence-corrected chi connectivity index (χ3v) is 2.11. The minimum absolute atomic E-state index is 0.108. The molecular weight excluding hydrogens is 176 g/mol. The molecule has 0 unspecified atom stereocenters. The van der Waals surface area contributed by atoms with Crippen molar-refractivity contribution in [2.24, 2.45) is 0 Å². The van der Waals surface area contributed by atoms with Crippen molar-refractivity contribution < 1.29 is 9.21 Å². The second-order valence-corrected chi connectivity index (χ2v) is 3.23. The van der Waals surface area contributed by atoms with Crippen LogP contribution in [0.4, 0.5) is 0 Å². The van der Waals surface area contributed by atoms with Crippen LogP contribution in [0.1, 0.15) is 19.7 Å². The number of aromatic nitrogens is 2. The van der Waals surface area contributed by atoms with Crippen LogP contribution >= 0.6 is 11.8 Å². The van der Waals surface area contributed by atoms with Crippen molar-refractivity contribution in [1.29, 1.82) is 0 Å². The number of hydrogen-bond acceptors (Lipinski definition) is 5. The molecule has 0 radical (unpaired) electrons. The van der Waals surface area contributed by atoms with Gasteiger partial charge in [-0.2, -0.15) is 0 Å². The van der Waals surface area contributed by atoms with Crippen LogP contribution in [-0.2, 0) is 11.2 Å². The third kappa shape index (κ3) is 2.65. The van der Waals surface area contributed by atoms with Crippen molar-refractivity contribution in [2.75, 3.05) is 5.75 Å². The molecule has 66 valence electrons. The first-order chi connectivity index (χ1) is 5.72. The van der Waals surface area contributed by atoms with Gasteiger partial charge in [0.15, 0.2) is 0 Å². The molecule has 0 amide bonds. The maximum Gasteiger partial charge on any atom is 0.277 e. The molecule has 0 fully saturated rings. The van der Waals surface area contributed by atoms with E-state index in [0.717, 1.165) is 6.42 Å². The minimum atomic E-state index is 0.108. The Kier molecular flexibility index (Phi) is 3.28. The number of Topliss-reactive ketones (excluding diaryl/α,β-unsaturated/α-hetero) is 1. The average Bonchev–Trinajstić information content (AvgIpc) is 2.48. The first-order valence-electron chi connectivity index (χ1n) is 3.67. The van der Waals surface area contributed by atoms with Gasteiger partial charge in [-0.15, -0.1) is 10.2 Å². The van der Waals surface area contributed by atoms with Gasteiger partial charge in [-0.05, 0) is 6.92 Å². The Morgan fingerprint density at radius 2 is 2.33 bits per heavy atom. The van der Waals surface area contributed by atoms with Gasteiger partial charge in [0.1, 0.15) is 5.78 Å². The second-order valence-electron chi connectivity index (χ2n) is 2.31. The molecule has 0 spiro atoms. The van der Waals surface area contributed by atoms with Crippen molar-refractivity contribution >= 4 is 17.5 Å². The molecule has 1 aromatic rings. The summed E-state index contributed by atoms with van der Waals surface area (Å²) < 4.78 is 5.17. The normalized spacial score (nSPS) is 10.2. The Labute approximate surface area is 74.7 Å². The lowest BCUT2D eigenvalue weighted by atomic mass is 10.5. The molecule has 1 aromatic heterocycles. The van der Waals surface area contributed by atoms with Crippen LogP contribution in [0.5, 0.6) is 0 Å². The largest absolute Gasteiger partial charge is 0.416 e. The number of nitrogens with zero attached hydrogens (tertiary/aromatic N) is 2. The highest BCUT2D eigenvalue weighted by Crippen LogP contribution is 2.15. The average molecular weight is 186 g/mol. The third-order valence-electron chi connectivity index (χ3n) is 1.15. The first-order valence-corrected chi connectivity index (χ1v) is 4.65. The van der Waals surface area contributed by atoms with E-state index in [1.54, 1.807) is 0 Å². The second kappa shape index (κ2) is 4.25. The van der Waals surface area contributed by atoms with Gasteiger partial charge < -0.3 is 4.42 Å². The Morgan fingerprint density at radius 1 is 1.58 bits per heavy atom. The van der Waals surface area contributed by atoms with E-state index in [0.29, 0.717) is 16.9 Å². The van der Waals surface area contributed by atoms with Gasteiger partial charge in [-0.1, -0.05) is 18.7 Å². The van der Waals surface area contributed by atoms with E-state index in [1.165, 1.54) is 18.7 Å². The molecule has 0 saturated heterocycles. The van der Waals surface area contributed by atoms with Crippen LogP contribution in [0.2, 0.25) is 0 Å². The molecule has 4 nitrogen and oxygen atoms in total. The summed E-state index contributed by atoms with van der Waals surface area (Å²) in [6.07, 6.45) is 0.730. The van der Waals surface area contributed by atoms with Crippen LogP contribution in [0.25, 0.3) is 0 Å². The number of aryl methyl sites for hydroxylation is 1. The van der Waals surface area contributed by atoms with E-state index in [1.807, 2.05) is 6.92 Å². The Hall–Kier alpha value is -0.840. The molecule has 1 heterocycles. The maximum absolute atomic E-state index is 10.6. The molecule has 12 heavy (non-hydrogen) atoms. The zero-order chi connectivity index (χ0) is 8.97. The number of rotatable bonds is 4. The van der Waals surface area contributed by atoms with Gasteiger partial charge in [0, 0.05) is 6.42 Å². The Morgan fingerprint density at radius 3 is 2.83 bits per heavy atom. The molecular formula is C7H10N2O2S. The van der Waals surface area contributed by atoms with E-state index in [4.69, 9.17) is 4.42 Å². The molecule has 0 bridgehead atoms. The van der Waals surface area contributed by atoms with Crippen molar-refractivity contribution in [1.82, 2.24) is 10.2 Å². The molecule has 0 aliphatic carbocycles. The SMILES string of the molecule is CCc1nnc(SCC(C)=O)o1. The molecule has 0 atom stereocenters. The van der Waals surface area contributed by atoms with E-state index in [2.05, 4.69) is 10.2 Å². The quantitative estimate of drug-likeness (QED) is 0.663. The van der Waals surface area contributed by atoms with Crippen molar-refractivity contribution in [3.63, 3.8) is 0 Å². The molecule has 0 N–H and O–H groups in total. The van der Waals surface area contributed by atoms with Crippen LogP contribution in [0, 0.1) is 0 Å². The summed E-state index contributed by atoms with van der Waals surface area (Å²) in [5.74, 6) is 1.11. The van der Waals surface area contributed by atoms with Gasteiger partial charge in [-0.25, -0.2) is 0 Å². The van der Waals surface area contributed by atoms with Gasteiger partial charge >= 0.3 is 0 Å². The lowest BCUT2D eigenvalue weighted by molar-refractivity contribution is -0.114. The number of ketones is 1. The van der Waals surface area contributed by atoms with E-state index in [9.17, 15) is 4.79 Å². The predicted octanol–water partition coefficient (Wildman–Crippen LogP) is 1.31. The van der Waals surface area contributed by atoms with Gasteiger partial charge in [0.25, 0.3) is 5.22 Å². The summed E-state index contributed by atoms with van der Waals surface area (Å²) in [6, 6.07) is 0. The topological polar surface area (TPSA) is 56.0 Å². The predicted molar refractivity (Wildman–Crippen MR) is 45.1 cm³/mol. The van der Waals surface area contributed by atoms with Crippen LogP contribution < -0.4 is 0 Å². The Bertz CT molecular complexity index is 272. The van der Waals surface area contributed by atoms with Crippen molar-refractivity contribution in [3.05, 3.63) is 5.89 Å². The van der Waals surface area contributed by atoms with Crippen molar-refractivity contribution in [2.45, 2.75) is 25.5 Å². The van der Waals surface area contributed by atoms with Crippen LogP contribution in [0.15, 0.2) is 9.64 Å².